The molecule has 0 spiro atoms. The molecule has 1 rings (SSSR count). The zero-order valence-corrected chi connectivity index (χ0v) is 9.73. The fourth-order valence-electron chi connectivity index (χ4n) is 0.932. The molecule has 1 aromatic heterocycles. The number of thiophene rings is 1. The van der Waals surface area contributed by atoms with E-state index in [2.05, 4.69) is 4.74 Å². The smallest absolute Gasteiger partial charge is 0.405 e. The van der Waals surface area contributed by atoms with Gasteiger partial charge in [-0.25, -0.2) is 4.79 Å². The van der Waals surface area contributed by atoms with Crippen molar-refractivity contribution in [3.05, 3.63) is 16.3 Å². The highest BCUT2D eigenvalue weighted by molar-refractivity contribution is 7.12. The largest absolute Gasteiger partial charge is 0.451 e. The number of esters is 1. The molecule has 1 aromatic rings. The van der Waals surface area contributed by atoms with Crippen LogP contribution in [-0.4, -0.2) is 31.2 Å². The van der Waals surface area contributed by atoms with Crippen molar-refractivity contribution < 1.29 is 27.5 Å². The lowest BCUT2D eigenvalue weighted by Crippen LogP contribution is -2.36. The number of ether oxygens (including phenoxy) is 1. The van der Waals surface area contributed by atoms with Gasteiger partial charge in [-0.1, -0.05) is 0 Å². The molecule has 0 fully saturated rings. The lowest BCUT2D eigenvalue weighted by molar-refractivity contribution is -0.140. The molecular formula is C9H9F3N2O3S. The van der Waals surface area contributed by atoms with Crippen molar-refractivity contribution in [2.45, 2.75) is 6.18 Å². The number of hydrogen-bond acceptors (Lipinski definition) is 5. The molecule has 3 N–H and O–H groups in total. The third kappa shape index (κ3) is 4.62. The molecule has 0 saturated heterocycles. The van der Waals surface area contributed by atoms with Gasteiger partial charge in [0.25, 0.3) is 5.91 Å². The van der Waals surface area contributed by atoms with E-state index in [9.17, 15) is 22.8 Å². The van der Waals surface area contributed by atoms with Gasteiger partial charge in [0.05, 0.1) is 5.69 Å². The van der Waals surface area contributed by atoms with E-state index in [4.69, 9.17) is 5.73 Å². The molecule has 100 valence electrons. The van der Waals surface area contributed by atoms with E-state index in [0.29, 0.717) is 0 Å². The van der Waals surface area contributed by atoms with Crippen molar-refractivity contribution in [3.8, 4) is 0 Å². The Morgan fingerprint density at radius 2 is 2.11 bits per heavy atom. The van der Waals surface area contributed by atoms with Gasteiger partial charge >= 0.3 is 12.1 Å². The Kier molecular flexibility index (Phi) is 4.54. The highest BCUT2D eigenvalue weighted by Crippen LogP contribution is 2.19. The summed E-state index contributed by atoms with van der Waals surface area (Å²) in [5, 5.41) is 3.12. The van der Waals surface area contributed by atoms with E-state index in [1.807, 2.05) is 0 Å². The van der Waals surface area contributed by atoms with E-state index >= 15 is 0 Å². The Balaban J connectivity index is 2.35. The molecule has 9 heteroatoms. The molecule has 0 bridgehead atoms. The third-order valence-corrected chi connectivity index (χ3v) is 2.61. The van der Waals surface area contributed by atoms with Crippen LogP contribution in [0, 0.1) is 0 Å². The number of nitrogen functional groups attached to an aromatic ring is 1. The fraction of sp³-hybridized carbons (Fsp3) is 0.333. The summed E-state index contributed by atoms with van der Waals surface area (Å²) in [6.07, 6.45) is -4.50. The summed E-state index contributed by atoms with van der Waals surface area (Å²) in [5.41, 5.74) is 5.62. The first-order chi connectivity index (χ1) is 8.29. The van der Waals surface area contributed by atoms with Crippen molar-refractivity contribution in [2.24, 2.45) is 0 Å². The molecule has 0 aliphatic heterocycles. The minimum Gasteiger partial charge on any atom is -0.451 e. The second kappa shape index (κ2) is 5.71. The quantitative estimate of drug-likeness (QED) is 0.812. The summed E-state index contributed by atoms with van der Waals surface area (Å²) < 4.78 is 39.8. The summed E-state index contributed by atoms with van der Waals surface area (Å²) in [6, 6.07) is 1.48. The first-order valence-electron chi connectivity index (χ1n) is 4.63. The van der Waals surface area contributed by atoms with Crippen LogP contribution in [0.2, 0.25) is 0 Å². The number of rotatable bonds is 4. The van der Waals surface area contributed by atoms with Crippen molar-refractivity contribution in [2.75, 3.05) is 18.9 Å². The molecule has 0 aliphatic rings. The van der Waals surface area contributed by atoms with Gasteiger partial charge in [0.15, 0.2) is 6.61 Å². The number of carbonyl (C=O) groups is 2. The number of halogens is 3. The minimum atomic E-state index is -4.50. The van der Waals surface area contributed by atoms with Crippen molar-refractivity contribution in [1.82, 2.24) is 5.32 Å². The van der Waals surface area contributed by atoms with Gasteiger partial charge in [-0.05, 0) is 11.4 Å². The second-order valence-corrected chi connectivity index (χ2v) is 4.09. The molecule has 0 atom stereocenters. The number of nitrogens with one attached hydrogen (secondary N) is 1. The van der Waals surface area contributed by atoms with Gasteiger partial charge < -0.3 is 15.8 Å². The molecule has 0 radical (unpaired) electrons. The first-order valence-corrected chi connectivity index (χ1v) is 5.51. The van der Waals surface area contributed by atoms with Crippen molar-refractivity contribution in [3.63, 3.8) is 0 Å². The molecular weight excluding hydrogens is 273 g/mol. The van der Waals surface area contributed by atoms with Gasteiger partial charge in [-0.3, -0.25) is 4.79 Å². The molecule has 0 aromatic carbocycles. The molecule has 1 heterocycles. The molecule has 0 unspecified atom stereocenters. The van der Waals surface area contributed by atoms with Gasteiger partial charge in [0, 0.05) is 0 Å². The number of amides is 1. The number of hydrogen-bond donors (Lipinski definition) is 2. The van der Waals surface area contributed by atoms with E-state index in [1.54, 1.807) is 10.7 Å². The lowest BCUT2D eigenvalue weighted by atomic mass is 10.4. The summed E-state index contributed by atoms with van der Waals surface area (Å²) >= 11 is 1.02. The Bertz CT molecular complexity index is 445. The average Bonchev–Trinajstić information content (AvgIpc) is 2.68. The molecule has 18 heavy (non-hydrogen) atoms. The Morgan fingerprint density at radius 3 is 2.61 bits per heavy atom. The predicted octanol–water partition coefficient (Wildman–Crippen LogP) is 1.17. The molecule has 0 saturated carbocycles. The normalized spacial score (nSPS) is 11.1. The predicted molar refractivity (Wildman–Crippen MR) is 58.1 cm³/mol. The van der Waals surface area contributed by atoms with E-state index in [-0.39, 0.29) is 10.6 Å². The van der Waals surface area contributed by atoms with Gasteiger partial charge in [-0.2, -0.15) is 13.2 Å². The first kappa shape index (κ1) is 14.3. The zero-order chi connectivity index (χ0) is 13.8. The molecule has 0 aliphatic carbocycles. The van der Waals surface area contributed by atoms with Crippen LogP contribution < -0.4 is 11.1 Å². The van der Waals surface area contributed by atoms with Crippen LogP contribution in [0.4, 0.5) is 18.9 Å². The standard InChI is InChI=1S/C9H9F3N2O3S/c10-9(11,12)4-14-6(15)3-17-8(16)7-5(13)1-2-18-7/h1-2H,3-4,13H2,(H,14,15). The Labute approximate surface area is 104 Å². The van der Waals surface area contributed by atoms with Crippen LogP contribution >= 0.6 is 11.3 Å². The SMILES string of the molecule is Nc1ccsc1C(=O)OCC(=O)NCC(F)(F)F. The summed E-state index contributed by atoms with van der Waals surface area (Å²) in [7, 11) is 0. The van der Waals surface area contributed by atoms with Gasteiger partial charge in [0.1, 0.15) is 11.4 Å². The van der Waals surface area contributed by atoms with E-state index in [0.717, 1.165) is 11.3 Å². The lowest BCUT2D eigenvalue weighted by Gasteiger charge is -2.08. The summed E-state index contributed by atoms with van der Waals surface area (Å²) in [6.45, 7) is -2.25. The summed E-state index contributed by atoms with van der Waals surface area (Å²) in [5.74, 6) is -1.87. The van der Waals surface area contributed by atoms with Crippen molar-refractivity contribution in [1.29, 1.82) is 0 Å². The van der Waals surface area contributed by atoms with Crippen LogP contribution in [0.25, 0.3) is 0 Å². The maximum absolute atomic E-state index is 11.8. The van der Waals surface area contributed by atoms with Gasteiger partial charge in [-0.15, -0.1) is 11.3 Å². The van der Waals surface area contributed by atoms with Crippen LogP contribution in [-0.2, 0) is 9.53 Å². The van der Waals surface area contributed by atoms with Crippen LogP contribution in [0.15, 0.2) is 11.4 Å². The van der Waals surface area contributed by atoms with Crippen LogP contribution in [0.3, 0.4) is 0 Å². The third-order valence-electron chi connectivity index (χ3n) is 1.70. The van der Waals surface area contributed by atoms with Crippen LogP contribution in [0.1, 0.15) is 9.67 Å². The Morgan fingerprint density at radius 1 is 1.44 bits per heavy atom. The summed E-state index contributed by atoms with van der Waals surface area (Å²) in [4.78, 5) is 22.4. The molecule has 5 nitrogen and oxygen atoms in total. The highest BCUT2D eigenvalue weighted by Gasteiger charge is 2.27. The van der Waals surface area contributed by atoms with E-state index in [1.165, 1.54) is 6.07 Å². The average molecular weight is 282 g/mol. The van der Waals surface area contributed by atoms with Gasteiger partial charge in [0.2, 0.25) is 0 Å². The highest BCUT2D eigenvalue weighted by atomic mass is 32.1. The number of carbonyl (C=O) groups excluding carboxylic acids is 2. The second-order valence-electron chi connectivity index (χ2n) is 3.17. The monoisotopic (exact) mass is 282 g/mol. The zero-order valence-electron chi connectivity index (χ0n) is 8.91. The minimum absolute atomic E-state index is 0.110. The topological polar surface area (TPSA) is 81.4 Å². The van der Waals surface area contributed by atoms with Crippen molar-refractivity contribution >= 4 is 28.9 Å². The fourth-order valence-corrected chi connectivity index (χ4v) is 1.64. The Hall–Kier alpha value is -1.77. The number of nitrogens with two attached hydrogens (primary N) is 1. The maximum Gasteiger partial charge on any atom is 0.405 e. The molecule has 1 amide bonds. The number of anilines is 1. The maximum atomic E-state index is 11.8. The number of alkyl halides is 3. The van der Waals surface area contributed by atoms with Crippen LogP contribution in [0.5, 0.6) is 0 Å². The van der Waals surface area contributed by atoms with E-state index < -0.39 is 31.2 Å².